The summed E-state index contributed by atoms with van der Waals surface area (Å²) in [4.78, 5) is 27.3. The number of fused-ring (bicyclic) bond motifs is 1. The fraction of sp³-hybridized carbons (Fsp3) is 0.231. The standard InChI is InChI=1S/C26H18ClF7N2O2/c1-13-9-16(24(28,25(29,30)31)26(32,33)34)10-14(2)21(13)35-22(37)19-11-17(7-8-20(19)27)36-12-15-5-3-4-6-18(15)23(36)38/h3-11H,12H2,1-2H3,(H,35,37). The van der Waals surface area contributed by atoms with E-state index in [1.54, 1.807) is 24.3 Å². The highest BCUT2D eigenvalue weighted by atomic mass is 35.5. The van der Waals surface area contributed by atoms with Crippen LogP contribution >= 0.6 is 11.6 Å². The van der Waals surface area contributed by atoms with Crippen LogP contribution in [-0.2, 0) is 12.2 Å². The molecule has 38 heavy (non-hydrogen) atoms. The minimum absolute atomic E-state index is 0.0146. The summed E-state index contributed by atoms with van der Waals surface area (Å²) in [5.41, 5.74) is -6.30. The minimum Gasteiger partial charge on any atom is -0.321 e. The average molecular weight is 559 g/mol. The van der Waals surface area contributed by atoms with E-state index in [9.17, 15) is 40.3 Å². The molecule has 0 radical (unpaired) electrons. The Hall–Kier alpha value is -3.60. The summed E-state index contributed by atoms with van der Waals surface area (Å²) in [6, 6.07) is 12.0. The van der Waals surface area contributed by atoms with Gasteiger partial charge in [-0.1, -0.05) is 41.9 Å². The summed E-state index contributed by atoms with van der Waals surface area (Å²) in [6.07, 6.45) is -12.5. The van der Waals surface area contributed by atoms with Crippen molar-refractivity contribution >= 4 is 34.8 Å². The van der Waals surface area contributed by atoms with Crippen LogP contribution in [0, 0.1) is 13.8 Å². The summed E-state index contributed by atoms with van der Waals surface area (Å²) in [5, 5.41) is 2.41. The molecule has 0 fully saturated rings. The van der Waals surface area contributed by atoms with Crippen molar-refractivity contribution in [2.45, 2.75) is 38.4 Å². The van der Waals surface area contributed by atoms with Gasteiger partial charge in [0.25, 0.3) is 11.8 Å². The van der Waals surface area contributed by atoms with Gasteiger partial charge >= 0.3 is 18.0 Å². The lowest BCUT2D eigenvalue weighted by atomic mass is 9.90. The molecular weight excluding hydrogens is 541 g/mol. The predicted molar refractivity (Wildman–Crippen MR) is 127 cm³/mol. The van der Waals surface area contributed by atoms with E-state index in [0.717, 1.165) is 19.4 Å². The minimum atomic E-state index is -6.27. The Morgan fingerprint density at radius 3 is 2.03 bits per heavy atom. The fourth-order valence-electron chi connectivity index (χ4n) is 4.35. The first-order chi connectivity index (χ1) is 17.6. The number of aryl methyl sites for hydroxylation is 2. The van der Waals surface area contributed by atoms with Crippen LogP contribution in [-0.4, -0.2) is 24.2 Å². The number of hydrogen-bond donors (Lipinski definition) is 1. The van der Waals surface area contributed by atoms with Gasteiger partial charge in [-0.2, -0.15) is 26.3 Å². The van der Waals surface area contributed by atoms with Crippen LogP contribution < -0.4 is 10.2 Å². The maximum Gasteiger partial charge on any atom is 0.435 e. The Morgan fingerprint density at radius 1 is 0.895 bits per heavy atom. The average Bonchev–Trinajstić information content (AvgIpc) is 3.16. The SMILES string of the molecule is Cc1cc(C(F)(C(F)(F)F)C(F)(F)F)cc(C)c1NC(=O)c1cc(N2Cc3ccccc3C2=O)ccc1Cl. The van der Waals surface area contributed by atoms with Gasteiger partial charge in [-0.05, 0) is 54.8 Å². The second-order valence-corrected chi connectivity index (χ2v) is 9.21. The molecule has 0 spiro atoms. The normalized spacial score (nSPS) is 14.1. The smallest absolute Gasteiger partial charge is 0.321 e. The number of carbonyl (C=O) groups excluding carboxylic acids is 2. The third kappa shape index (κ3) is 4.48. The number of nitrogens with one attached hydrogen (secondary N) is 1. The fourth-order valence-corrected chi connectivity index (χ4v) is 4.55. The van der Waals surface area contributed by atoms with Gasteiger partial charge in [-0.3, -0.25) is 9.59 Å². The number of amides is 2. The molecule has 3 aromatic rings. The van der Waals surface area contributed by atoms with Crippen LogP contribution in [0.4, 0.5) is 42.1 Å². The highest BCUT2D eigenvalue weighted by Gasteiger charge is 2.73. The van der Waals surface area contributed by atoms with Gasteiger partial charge in [0.1, 0.15) is 0 Å². The molecule has 2 amide bonds. The van der Waals surface area contributed by atoms with E-state index in [4.69, 9.17) is 11.6 Å². The number of anilines is 2. The lowest BCUT2D eigenvalue weighted by Crippen LogP contribution is -2.50. The molecule has 4 rings (SSSR count). The first-order valence-corrected chi connectivity index (χ1v) is 11.4. The highest BCUT2D eigenvalue weighted by molar-refractivity contribution is 6.34. The van der Waals surface area contributed by atoms with Crippen molar-refractivity contribution in [3.63, 3.8) is 0 Å². The molecule has 4 nitrogen and oxygen atoms in total. The van der Waals surface area contributed by atoms with Gasteiger partial charge in [0, 0.05) is 22.5 Å². The molecule has 0 saturated heterocycles. The van der Waals surface area contributed by atoms with E-state index in [-0.39, 0.29) is 39.9 Å². The van der Waals surface area contributed by atoms with E-state index in [1.165, 1.54) is 23.1 Å². The maximum absolute atomic E-state index is 14.5. The monoisotopic (exact) mass is 558 g/mol. The van der Waals surface area contributed by atoms with Crippen LogP contribution in [0.3, 0.4) is 0 Å². The molecule has 1 aliphatic heterocycles. The largest absolute Gasteiger partial charge is 0.435 e. The molecule has 0 saturated carbocycles. The van der Waals surface area contributed by atoms with Crippen molar-refractivity contribution in [2.75, 3.05) is 10.2 Å². The van der Waals surface area contributed by atoms with E-state index >= 15 is 0 Å². The Balaban J connectivity index is 1.66. The summed E-state index contributed by atoms with van der Waals surface area (Å²) >= 11 is 6.19. The van der Waals surface area contributed by atoms with Crippen LogP contribution in [0.15, 0.2) is 54.6 Å². The molecule has 0 atom stereocenters. The van der Waals surface area contributed by atoms with Crippen molar-refractivity contribution in [2.24, 2.45) is 0 Å². The topological polar surface area (TPSA) is 49.4 Å². The lowest BCUT2D eigenvalue weighted by molar-refractivity contribution is -0.348. The Morgan fingerprint density at radius 2 is 1.47 bits per heavy atom. The molecule has 12 heteroatoms. The van der Waals surface area contributed by atoms with E-state index < -0.39 is 29.5 Å². The van der Waals surface area contributed by atoms with Gasteiger partial charge in [0.15, 0.2) is 0 Å². The second kappa shape index (κ2) is 9.30. The summed E-state index contributed by atoms with van der Waals surface area (Å²) in [7, 11) is 0. The molecular formula is C26H18ClF7N2O2. The highest BCUT2D eigenvalue weighted by Crippen LogP contribution is 2.53. The van der Waals surface area contributed by atoms with Gasteiger partial charge in [-0.25, -0.2) is 4.39 Å². The Labute approximate surface area is 217 Å². The van der Waals surface area contributed by atoms with Crippen LogP contribution in [0.5, 0.6) is 0 Å². The number of halogens is 8. The van der Waals surface area contributed by atoms with Crippen LogP contribution in [0.1, 0.15) is 43.0 Å². The molecule has 200 valence electrons. The maximum atomic E-state index is 14.5. The van der Waals surface area contributed by atoms with Crippen molar-refractivity contribution in [1.29, 1.82) is 0 Å². The molecule has 3 aromatic carbocycles. The molecule has 1 heterocycles. The lowest BCUT2D eigenvalue weighted by Gasteiger charge is -2.31. The number of carbonyl (C=O) groups is 2. The van der Waals surface area contributed by atoms with Gasteiger partial charge < -0.3 is 10.2 Å². The number of rotatable bonds is 4. The third-order valence-electron chi connectivity index (χ3n) is 6.28. The molecule has 0 unspecified atom stereocenters. The Bertz CT molecular complexity index is 1410. The first kappa shape index (κ1) is 27.4. The van der Waals surface area contributed by atoms with E-state index in [2.05, 4.69) is 5.32 Å². The first-order valence-electron chi connectivity index (χ1n) is 11.0. The molecule has 1 N–H and O–H groups in total. The molecule has 0 aromatic heterocycles. The zero-order valence-corrected chi connectivity index (χ0v) is 20.4. The molecule has 0 bridgehead atoms. The van der Waals surface area contributed by atoms with Crippen LogP contribution in [0.2, 0.25) is 5.02 Å². The zero-order valence-electron chi connectivity index (χ0n) is 19.7. The summed E-state index contributed by atoms with van der Waals surface area (Å²) < 4.78 is 93.7. The van der Waals surface area contributed by atoms with Gasteiger partial charge in [0.05, 0.1) is 17.1 Å². The van der Waals surface area contributed by atoms with Crippen molar-refractivity contribution in [1.82, 2.24) is 0 Å². The summed E-state index contributed by atoms with van der Waals surface area (Å²) in [5.74, 6) is -1.13. The second-order valence-electron chi connectivity index (χ2n) is 8.81. The van der Waals surface area contributed by atoms with Crippen LogP contribution in [0.25, 0.3) is 0 Å². The molecule has 1 aliphatic rings. The predicted octanol–water partition coefficient (Wildman–Crippen LogP) is 7.66. The van der Waals surface area contributed by atoms with Crippen molar-refractivity contribution < 1.29 is 40.3 Å². The third-order valence-corrected chi connectivity index (χ3v) is 6.61. The van der Waals surface area contributed by atoms with Crippen molar-refractivity contribution in [3.8, 4) is 0 Å². The van der Waals surface area contributed by atoms with Crippen molar-refractivity contribution in [3.05, 3.63) is 93.0 Å². The number of nitrogens with zero attached hydrogens (tertiary/aromatic N) is 1. The van der Waals surface area contributed by atoms with E-state index in [1.807, 2.05) is 0 Å². The van der Waals surface area contributed by atoms with Gasteiger partial charge in [0.2, 0.25) is 0 Å². The van der Waals surface area contributed by atoms with E-state index in [0.29, 0.717) is 23.4 Å². The number of alkyl halides is 7. The van der Waals surface area contributed by atoms with Gasteiger partial charge in [-0.15, -0.1) is 0 Å². The zero-order chi connectivity index (χ0) is 28.2. The molecule has 0 aliphatic carbocycles. The quantitative estimate of drug-likeness (QED) is 0.334. The number of hydrogen-bond acceptors (Lipinski definition) is 2. The summed E-state index contributed by atoms with van der Waals surface area (Å²) in [6.45, 7) is 2.52. The Kier molecular flexibility index (Phi) is 6.71. The number of benzene rings is 3.